The molecule has 0 spiro atoms. The molecule has 126 valence electrons. The number of ketones is 1. The molecule has 0 bridgehead atoms. The third-order valence-corrected chi connectivity index (χ3v) is 6.36. The van der Waals surface area contributed by atoms with Gasteiger partial charge in [0.15, 0.2) is 5.78 Å². The van der Waals surface area contributed by atoms with Crippen LogP contribution in [0.25, 0.3) is 0 Å². The zero-order chi connectivity index (χ0) is 16.4. The van der Waals surface area contributed by atoms with Gasteiger partial charge in [0.1, 0.15) is 0 Å². The molecule has 7 heteroatoms. The summed E-state index contributed by atoms with van der Waals surface area (Å²) in [6.07, 6.45) is 2.36. The fourth-order valence-corrected chi connectivity index (χ4v) is 5.12. The maximum absolute atomic E-state index is 12.4. The average molecular weight is 354 g/mol. The highest BCUT2D eigenvalue weighted by atomic mass is 32.2. The molecule has 2 fully saturated rings. The molecule has 2 saturated heterocycles. The summed E-state index contributed by atoms with van der Waals surface area (Å²) in [6.45, 7) is 6.20. The molecule has 1 atom stereocenters. The first-order valence-corrected chi connectivity index (χ1v) is 10.0. The minimum Gasteiger partial charge on any atom is -0.460 e. The molecule has 3 heterocycles. The van der Waals surface area contributed by atoms with Gasteiger partial charge in [-0.05, 0) is 13.8 Å². The van der Waals surface area contributed by atoms with Gasteiger partial charge in [-0.3, -0.25) is 4.79 Å². The SMILES string of the molecule is CC(C)OC(=O)C1=C2SCC(=CC(=O)C3CNCCS3)N2CC1. The second-order valence-corrected chi connectivity index (χ2v) is 8.30. The van der Waals surface area contributed by atoms with Gasteiger partial charge < -0.3 is 15.0 Å². The molecule has 0 amide bonds. The molecular weight excluding hydrogens is 332 g/mol. The smallest absolute Gasteiger partial charge is 0.336 e. The minimum absolute atomic E-state index is 0.0160. The molecule has 0 aliphatic carbocycles. The minimum atomic E-state index is -0.218. The van der Waals surface area contributed by atoms with Crippen LogP contribution in [0.1, 0.15) is 20.3 Å². The van der Waals surface area contributed by atoms with Gasteiger partial charge in [0.25, 0.3) is 0 Å². The van der Waals surface area contributed by atoms with Crippen LogP contribution in [0.15, 0.2) is 22.4 Å². The van der Waals surface area contributed by atoms with E-state index in [1.54, 1.807) is 29.6 Å². The van der Waals surface area contributed by atoms with Gasteiger partial charge in [0.05, 0.1) is 22.0 Å². The van der Waals surface area contributed by atoms with Crippen molar-refractivity contribution >= 4 is 35.3 Å². The third-order valence-electron chi connectivity index (χ3n) is 3.94. The Hall–Kier alpha value is -0.920. The first-order chi connectivity index (χ1) is 11.1. The van der Waals surface area contributed by atoms with Crippen LogP contribution in [0.5, 0.6) is 0 Å². The highest BCUT2D eigenvalue weighted by molar-refractivity contribution is 8.03. The van der Waals surface area contributed by atoms with Gasteiger partial charge >= 0.3 is 5.97 Å². The van der Waals surface area contributed by atoms with Crippen LogP contribution in [-0.4, -0.2) is 59.1 Å². The van der Waals surface area contributed by atoms with Crippen LogP contribution in [0.2, 0.25) is 0 Å². The highest BCUT2D eigenvalue weighted by Crippen LogP contribution is 2.43. The number of carbonyl (C=O) groups excluding carboxylic acids is 2. The topological polar surface area (TPSA) is 58.6 Å². The Bertz CT molecular complexity index is 566. The van der Waals surface area contributed by atoms with Crippen molar-refractivity contribution in [2.45, 2.75) is 31.6 Å². The molecule has 3 aliphatic rings. The Kier molecular flexibility index (Phi) is 5.38. The number of ether oxygens (including phenoxy) is 1. The Morgan fingerprint density at radius 3 is 2.96 bits per heavy atom. The number of fused-ring (bicyclic) bond motifs is 1. The summed E-state index contributed by atoms with van der Waals surface area (Å²) in [7, 11) is 0. The van der Waals surface area contributed by atoms with Gasteiger partial charge in [-0.2, -0.15) is 0 Å². The molecule has 1 N–H and O–H groups in total. The van der Waals surface area contributed by atoms with E-state index >= 15 is 0 Å². The predicted molar refractivity (Wildman–Crippen MR) is 94.2 cm³/mol. The number of hydrogen-bond donors (Lipinski definition) is 1. The van der Waals surface area contributed by atoms with Crippen LogP contribution in [0.3, 0.4) is 0 Å². The number of carbonyl (C=O) groups is 2. The summed E-state index contributed by atoms with van der Waals surface area (Å²) in [5.41, 5.74) is 1.78. The summed E-state index contributed by atoms with van der Waals surface area (Å²) in [6, 6.07) is 0. The largest absolute Gasteiger partial charge is 0.460 e. The maximum Gasteiger partial charge on any atom is 0.336 e. The molecule has 0 radical (unpaired) electrons. The molecule has 0 aromatic heterocycles. The fourth-order valence-electron chi connectivity index (χ4n) is 2.85. The lowest BCUT2D eigenvalue weighted by Crippen LogP contribution is -2.37. The van der Waals surface area contributed by atoms with Crippen LogP contribution >= 0.6 is 23.5 Å². The quantitative estimate of drug-likeness (QED) is 0.610. The number of thioether (sulfide) groups is 2. The van der Waals surface area contributed by atoms with Gasteiger partial charge in [-0.25, -0.2) is 4.79 Å². The Morgan fingerprint density at radius 1 is 1.43 bits per heavy atom. The molecule has 0 saturated carbocycles. The van der Waals surface area contributed by atoms with E-state index in [9.17, 15) is 9.59 Å². The molecule has 5 nitrogen and oxygen atoms in total. The molecule has 23 heavy (non-hydrogen) atoms. The van der Waals surface area contributed by atoms with Crippen molar-refractivity contribution in [1.82, 2.24) is 10.2 Å². The highest BCUT2D eigenvalue weighted by Gasteiger charge is 2.35. The predicted octanol–water partition coefficient (Wildman–Crippen LogP) is 1.76. The number of nitrogens with zero attached hydrogens (tertiary/aromatic N) is 1. The van der Waals surface area contributed by atoms with Crippen LogP contribution in [0, 0.1) is 0 Å². The second kappa shape index (κ2) is 7.32. The fraction of sp³-hybridized carbons (Fsp3) is 0.625. The van der Waals surface area contributed by atoms with Crippen LogP contribution in [-0.2, 0) is 14.3 Å². The number of allylic oxidation sites excluding steroid dienone is 1. The third kappa shape index (κ3) is 3.78. The van der Waals surface area contributed by atoms with Crippen LogP contribution < -0.4 is 5.32 Å². The summed E-state index contributed by atoms with van der Waals surface area (Å²) in [5.74, 6) is 1.69. The van der Waals surface area contributed by atoms with Crippen LogP contribution in [0.4, 0.5) is 0 Å². The molecule has 0 aromatic rings. The van der Waals surface area contributed by atoms with Crippen molar-refractivity contribution in [2.24, 2.45) is 0 Å². The van der Waals surface area contributed by atoms with Crippen molar-refractivity contribution in [3.8, 4) is 0 Å². The number of rotatable bonds is 4. The summed E-state index contributed by atoms with van der Waals surface area (Å²) >= 11 is 3.36. The average Bonchev–Trinajstić information content (AvgIpc) is 3.10. The normalized spacial score (nSPS) is 26.1. The summed E-state index contributed by atoms with van der Waals surface area (Å²) in [4.78, 5) is 26.7. The zero-order valence-electron chi connectivity index (χ0n) is 13.5. The van der Waals surface area contributed by atoms with E-state index in [1.807, 2.05) is 13.8 Å². The lowest BCUT2D eigenvalue weighted by molar-refractivity contribution is -0.142. The van der Waals surface area contributed by atoms with Crippen molar-refractivity contribution in [1.29, 1.82) is 0 Å². The molecule has 3 rings (SSSR count). The van der Waals surface area contributed by atoms with E-state index < -0.39 is 0 Å². The number of hydrogen-bond acceptors (Lipinski definition) is 7. The van der Waals surface area contributed by atoms with Crippen molar-refractivity contribution in [3.63, 3.8) is 0 Å². The molecule has 0 aromatic carbocycles. The first kappa shape index (κ1) is 16.9. The van der Waals surface area contributed by atoms with Gasteiger partial charge in [0.2, 0.25) is 0 Å². The zero-order valence-corrected chi connectivity index (χ0v) is 15.1. The Balaban J connectivity index is 1.71. The van der Waals surface area contributed by atoms with E-state index in [0.717, 1.165) is 47.4 Å². The molecule has 1 unspecified atom stereocenters. The molecular formula is C16H22N2O3S2. The monoisotopic (exact) mass is 354 g/mol. The maximum atomic E-state index is 12.4. The van der Waals surface area contributed by atoms with E-state index in [2.05, 4.69) is 10.2 Å². The van der Waals surface area contributed by atoms with E-state index in [0.29, 0.717) is 6.42 Å². The Morgan fingerprint density at radius 2 is 2.26 bits per heavy atom. The second-order valence-electron chi connectivity index (χ2n) is 6.03. The molecule has 3 aliphatic heterocycles. The van der Waals surface area contributed by atoms with Gasteiger partial charge in [-0.15, -0.1) is 23.5 Å². The lowest BCUT2D eigenvalue weighted by Gasteiger charge is -2.21. The van der Waals surface area contributed by atoms with Crippen molar-refractivity contribution in [3.05, 3.63) is 22.4 Å². The van der Waals surface area contributed by atoms with Crippen molar-refractivity contribution in [2.75, 3.05) is 31.1 Å². The lowest BCUT2D eigenvalue weighted by atomic mass is 10.2. The number of nitrogens with one attached hydrogen (secondary N) is 1. The van der Waals surface area contributed by atoms with Crippen molar-refractivity contribution < 1.29 is 14.3 Å². The summed E-state index contributed by atoms with van der Waals surface area (Å²) < 4.78 is 5.32. The summed E-state index contributed by atoms with van der Waals surface area (Å²) in [5, 5.41) is 4.26. The van der Waals surface area contributed by atoms with Gasteiger partial charge in [0, 0.05) is 49.3 Å². The van der Waals surface area contributed by atoms with E-state index in [4.69, 9.17) is 4.74 Å². The van der Waals surface area contributed by atoms with Gasteiger partial charge in [-0.1, -0.05) is 0 Å². The van der Waals surface area contributed by atoms with E-state index in [1.165, 1.54) is 0 Å². The van der Waals surface area contributed by atoms with E-state index in [-0.39, 0.29) is 23.1 Å². The first-order valence-electron chi connectivity index (χ1n) is 7.97. The standard InChI is InChI=1S/C16H22N2O3S2/c1-10(2)21-16(20)12-3-5-18-11(9-23-15(12)18)7-13(19)14-8-17-4-6-22-14/h7,10,14,17H,3-6,8-9H2,1-2H3. The Labute approximate surface area is 145 Å². The number of esters is 1.